The van der Waals surface area contributed by atoms with Gasteiger partial charge in [0.15, 0.2) is 5.06 Å². The number of carbonyl (C=O) groups is 2. The van der Waals surface area contributed by atoms with Gasteiger partial charge in [0.2, 0.25) is 0 Å². The number of anilines is 1. The fourth-order valence-corrected chi connectivity index (χ4v) is 4.42. The van der Waals surface area contributed by atoms with Gasteiger partial charge in [-0.25, -0.2) is 4.79 Å². The first-order valence-electron chi connectivity index (χ1n) is 10.1. The predicted molar refractivity (Wildman–Crippen MR) is 128 cm³/mol. The van der Waals surface area contributed by atoms with E-state index in [-0.39, 0.29) is 12.8 Å². The normalized spacial score (nSPS) is 13.8. The predicted octanol–water partition coefficient (Wildman–Crippen LogP) is 3.94. The van der Waals surface area contributed by atoms with Gasteiger partial charge in [-0.05, 0) is 55.3 Å². The van der Waals surface area contributed by atoms with Gasteiger partial charge in [0.1, 0.15) is 5.54 Å². The van der Waals surface area contributed by atoms with Crippen molar-refractivity contribution in [3.05, 3.63) is 45.8 Å². The number of benzene rings is 1. The molecule has 1 aromatic heterocycles. The number of likely N-dealkylation sites (N-methyl/N-ethyl adjacent to an activating group) is 1. The third-order valence-electron chi connectivity index (χ3n) is 5.32. The number of fused-ring (bicyclic) bond motifs is 1. The van der Waals surface area contributed by atoms with Crippen molar-refractivity contribution in [3.8, 4) is 29.8 Å². The molecule has 1 aromatic carbocycles. The lowest BCUT2D eigenvalue weighted by Gasteiger charge is -2.29. The number of halogens is 1. The minimum absolute atomic E-state index is 0.0981. The largest absolute Gasteiger partial charge is 0.414 e. The maximum atomic E-state index is 13.3. The van der Waals surface area contributed by atoms with Crippen LogP contribution in [0.1, 0.15) is 24.0 Å². The summed E-state index contributed by atoms with van der Waals surface area (Å²) in [5, 5.41) is 5.75. The number of ether oxygens (including phenoxy) is 1. The van der Waals surface area contributed by atoms with Gasteiger partial charge in [-0.15, -0.1) is 24.7 Å². The monoisotopic (exact) mass is 469 g/mol. The average molecular weight is 470 g/mol. The van der Waals surface area contributed by atoms with Gasteiger partial charge in [-0.3, -0.25) is 4.79 Å². The van der Waals surface area contributed by atoms with E-state index in [1.807, 2.05) is 18.2 Å². The fourth-order valence-electron chi connectivity index (χ4n) is 3.55. The molecule has 1 aliphatic rings. The van der Waals surface area contributed by atoms with Crippen molar-refractivity contribution in [3.63, 3.8) is 0 Å². The molecule has 166 valence electrons. The first kappa shape index (κ1) is 23.7. The van der Waals surface area contributed by atoms with Crippen molar-refractivity contribution in [1.82, 2.24) is 10.2 Å². The van der Waals surface area contributed by atoms with Crippen LogP contribution in [0.2, 0.25) is 4.34 Å². The smallest absolute Gasteiger partial charge is 0.399 e. The molecule has 3 rings (SSSR count). The van der Waals surface area contributed by atoms with Crippen molar-refractivity contribution in [2.24, 2.45) is 0 Å². The van der Waals surface area contributed by atoms with E-state index in [2.05, 4.69) is 34.4 Å². The summed E-state index contributed by atoms with van der Waals surface area (Å²) in [6, 6.07) is 9.01. The fraction of sp³-hybridized carbons (Fsp3) is 0.333. The lowest BCUT2D eigenvalue weighted by Crippen LogP contribution is -2.57. The number of nitrogens with one attached hydrogen (secondary N) is 2. The molecule has 1 aliphatic heterocycles. The highest BCUT2D eigenvalue weighted by Gasteiger charge is 2.40. The summed E-state index contributed by atoms with van der Waals surface area (Å²) in [7, 11) is 2.09. The number of thiophene rings is 1. The van der Waals surface area contributed by atoms with E-state index in [1.165, 1.54) is 11.1 Å². The van der Waals surface area contributed by atoms with Crippen LogP contribution in [0.4, 0.5) is 10.5 Å². The highest BCUT2D eigenvalue weighted by molar-refractivity contribution is 7.17. The SMILES string of the molecule is C#CCC(CC#C)(NC(=O)Oc1ccc(Cl)s1)C(=O)Nc1ccc2c(c1)CCN(C)CC2. The molecule has 0 aliphatic carbocycles. The molecule has 8 heteroatoms. The maximum Gasteiger partial charge on any atom is 0.414 e. The van der Waals surface area contributed by atoms with Crippen molar-refractivity contribution in [2.45, 2.75) is 31.2 Å². The zero-order chi connectivity index (χ0) is 23.1. The van der Waals surface area contributed by atoms with Crippen LogP contribution in [0.5, 0.6) is 5.06 Å². The van der Waals surface area contributed by atoms with Gasteiger partial charge in [-0.2, -0.15) is 0 Å². The molecule has 0 radical (unpaired) electrons. The number of nitrogens with zero attached hydrogens (tertiary/aromatic N) is 1. The molecule has 0 spiro atoms. The summed E-state index contributed by atoms with van der Waals surface area (Å²) in [5.74, 6) is 4.39. The van der Waals surface area contributed by atoms with Crippen molar-refractivity contribution < 1.29 is 14.3 Å². The van der Waals surface area contributed by atoms with Crippen LogP contribution in [0.3, 0.4) is 0 Å². The van der Waals surface area contributed by atoms with E-state index in [0.29, 0.717) is 15.1 Å². The minimum Gasteiger partial charge on any atom is -0.399 e. The van der Waals surface area contributed by atoms with Crippen LogP contribution in [-0.4, -0.2) is 42.6 Å². The standard InChI is InChI=1S/C24H24ClN3O3S/c1-4-12-24(13-5-2,27-23(30)31-21-9-8-20(25)32-21)22(29)26-19-7-6-17-10-14-28(3)15-11-18(17)16-19/h1-2,6-9,16H,10-15H2,3H3,(H,26,29)(H,27,30). The summed E-state index contributed by atoms with van der Waals surface area (Å²) in [6.07, 6.45) is 11.9. The Hall–Kier alpha value is -2.97. The highest BCUT2D eigenvalue weighted by Crippen LogP contribution is 2.29. The zero-order valence-electron chi connectivity index (χ0n) is 17.7. The summed E-state index contributed by atoms with van der Waals surface area (Å²) >= 11 is 6.97. The number of carbonyl (C=O) groups excluding carboxylic acids is 2. The quantitative estimate of drug-likeness (QED) is 0.628. The Bertz CT molecular complexity index is 1070. The van der Waals surface area contributed by atoms with E-state index in [1.54, 1.807) is 12.1 Å². The number of hydrogen-bond acceptors (Lipinski definition) is 5. The Morgan fingerprint density at radius 2 is 1.84 bits per heavy atom. The average Bonchev–Trinajstić information content (AvgIpc) is 3.06. The second-order valence-corrected chi connectivity index (χ2v) is 9.34. The van der Waals surface area contributed by atoms with Crippen LogP contribution in [0, 0.1) is 24.7 Å². The molecule has 2 amide bonds. The first-order chi connectivity index (χ1) is 15.3. The Morgan fingerprint density at radius 1 is 1.16 bits per heavy atom. The molecule has 0 bridgehead atoms. The topological polar surface area (TPSA) is 70.7 Å². The number of rotatable bonds is 6. The second kappa shape index (κ2) is 10.6. The minimum atomic E-state index is -1.52. The molecule has 0 saturated carbocycles. The van der Waals surface area contributed by atoms with E-state index in [9.17, 15) is 9.59 Å². The summed E-state index contributed by atoms with van der Waals surface area (Å²) < 4.78 is 5.72. The molecule has 0 fully saturated rings. The lowest BCUT2D eigenvalue weighted by atomic mass is 9.90. The molecule has 6 nitrogen and oxygen atoms in total. The molecule has 0 atom stereocenters. The van der Waals surface area contributed by atoms with E-state index < -0.39 is 17.5 Å². The Labute approximate surface area is 197 Å². The van der Waals surface area contributed by atoms with Crippen molar-refractivity contribution >= 4 is 40.6 Å². The van der Waals surface area contributed by atoms with Crippen molar-refractivity contribution in [2.75, 3.05) is 25.5 Å². The number of amides is 2. The summed E-state index contributed by atoms with van der Waals surface area (Å²) in [6.45, 7) is 1.94. The Morgan fingerprint density at radius 3 is 2.47 bits per heavy atom. The van der Waals surface area contributed by atoms with Crippen LogP contribution >= 0.6 is 22.9 Å². The second-order valence-electron chi connectivity index (χ2n) is 7.66. The van der Waals surface area contributed by atoms with Crippen LogP contribution < -0.4 is 15.4 Å². The van der Waals surface area contributed by atoms with Crippen LogP contribution in [0.15, 0.2) is 30.3 Å². The van der Waals surface area contributed by atoms with Gasteiger partial charge in [0.25, 0.3) is 5.91 Å². The zero-order valence-corrected chi connectivity index (χ0v) is 19.3. The number of hydrogen-bond donors (Lipinski definition) is 2. The van der Waals surface area contributed by atoms with Gasteiger partial charge in [0.05, 0.1) is 4.34 Å². The van der Waals surface area contributed by atoms with Gasteiger partial charge < -0.3 is 20.3 Å². The Balaban J connectivity index is 1.79. The highest BCUT2D eigenvalue weighted by atomic mass is 35.5. The molecular weight excluding hydrogens is 446 g/mol. The van der Waals surface area contributed by atoms with Crippen LogP contribution in [-0.2, 0) is 17.6 Å². The molecule has 32 heavy (non-hydrogen) atoms. The molecule has 2 N–H and O–H groups in total. The molecular formula is C24H24ClN3O3S. The maximum absolute atomic E-state index is 13.3. The number of terminal acetylenes is 2. The van der Waals surface area contributed by atoms with Gasteiger partial charge in [0, 0.05) is 31.6 Å². The summed E-state index contributed by atoms with van der Waals surface area (Å²) in [4.78, 5) is 28.1. The van der Waals surface area contributed by atoms with Gasteiger partial charge >= 0.3 is 6.09 Å². The first-order valence-corrected chi connectivity index (χ1v) is 11.3. The van der Waals surface area contributed by atoms with Crippen molar-refractivity contribution in [1.29, 1.82) is 0 Å². The summed E-state index contributed by atoms with van der Waals surface area (Å²) in [5.41, 5.74) is 1.56. The molecule has 2 aromatic rings. The van der Waals surface area contributed by atoms with Crippen LogP contribution in [0.25, 0.3) is 0 Å². The Kier molecular flexibility index (Phi) is 7.82. The molecule has 0 unspecified atom stereocenters. The van der Waals surface area contributed by atoms with E-state index >= 15 is 0 Å². The third kappa shape index (κ3) is 5.83. The molecule has 2 heterocycles. The van der Waals surface area contributed by atoms with E-state index in [4.69, 9.17) is 29.2 Å². The lowest BCUT2D eigenvalue weighted by molar-refractivity contribution is -0.121. The van der Waals surface area contributed by atoms with Gasteiger partial charge in [-0.1, -0.05) is 29.0 Å². The van der Waals surface area contributed by atoms with E-state index in [0.717, 1.165) is 37.3 Å². The third-order valence-corrected chi connectivity index (χ3v) is 6.42. The molecule has 0 saturated heterocycles.